The van der Waals surface area contributed by atoms with E-state index in [-0.39, 0.29) is 0 Å². The zero-order chi connectivity index (χ0) is 9.52. The number of rotatable bonds is 5. The minimum Gasteiger partial charge on any atom is -0.491 e. The number of benzene rings is 1. The van der Waals surface area contributed by atoms with Gasteiger partial charge in [0.15, 0.2) is 0 Å². The fourth-order valence-electron chi connectivity index (χ4n) is 0.920. The van der Waals surface area contributed by atoms with Crippen LogP contribution >= 0.6 is 15.9 Å². The Bertz CT molecular complexity index is 250. The third kappa shape index (κ3) is 4.29. The summed E-state index contributed by atoms with van der Waals surface area (Å²) < 4.78 is 11.6. The highest BCUT2D eigenvalue weighted by Gasteiger charge is 1.93. The molecule has 0 unspecified atom stereocenters. The average molecular weight is 245 g/mol. The van der Waals surface area contributed by atoms with Crippen LogP contribution in [0, 0.1) is 0 Å². The van der Waals surface area contributed by atoms with Crippen LogP contribution < -0.4 is 4.74 Å². The van der Waals surface area contributed by atoms with Gasteiger partial charge in [-0.3, -0.25) is 0 Å². The van der Waals surface area contributed by atoms with Gasteiger partial charge in [0.2, 0.25) is 0 Å². The van der Waals surface area contributed by atoms with Crippen LogP contribution in [0.15, 0.2) is 28.7 Å². The molecule has 0 radical (unpaired) electrons. The van der Waals surface area contributed by atoms with Crippen molar-refractivity contribution < 1.29 is 9.47 Å². The van der Waals surface area contributed by atoms with Crippen molar-refractivity contribution in [1.29, 1.82) is 0 Å². The number of hydrogen-bond donors (Lipinski definition) is 0. The molecule has 1 rings (SSSR count). The molecule has 0 aliphatic carbocycles. The molecule has 13 heavy (non-hydrogen) atoms. The maximum Gasteiger partial charge on any atom is 0.120 e. The molecule has 0 amide bonds. The summed E-state index contributed by atoms with van der Waals surface area (Å²) in [7, 11) is 0. The monoisotopic (exact) mass is 244 g/mol. The predicted octanol–water partition coefficient (Wildman–Crippen LogP) is 2.86. The van der Waals surface area contributed by atoms with Crippen LogP contribution in [0.5, 0.6) is 5.75 Å². The van der Waals surface area contributed by atoms with E-state index in [1.807, 2.05) is 31.2 Å². The molecular formula is C10H13BrO2. The summed E-state index contributed by atoms with van der Waals surface area (Å²) in [6.45, 7) is 3.95. The minimum atomic E-state index is 0.601. The second kappa shape index (κ2) is 6.00. The Morgan fingerprint density at radius 1 is 1.31 bits per heavy atom. The van der Waals surface area contributed by atoms with Gasteiger partial charge in [-0.25, -0.2) is 0 Å². The van der Waals surface area contributed by atoms with Gasteiger partial charge < -0.3 is 9.47 Å². The van der Waals surface area contributed by atoms with Gasteiger partial charge in [-0.05, 0) is 25.1 Å². The molecule has 0 bridgehead atoms. The van der Waals surface area contributed by atoms with Crippen LogP contribution in [0.25, 0.3) is 0 Å². The lowest BCUT2D eigenvalue weighted by Gasteiger charge is -2.05. The molecular weight excluding hydrogens is 232 g/mol. The van der Waals surface area contributed by atoms with Gasteiger partial charge in [0, 0.05) is 11.1 Å². The molecule has 0 saturated heterocycles. The zero-order valence-electron chi connectivity index (χ0n) is 7.63. The van der Waals surface area contributed by atoms with Gasteiger partial charge in [0.1, 0.15) is 12.4 Å². The van der Waals surface area contributed by atoms with Crippen molar-refractivity contribution in [3.05, 3.63) is 28.7 Å². The second-order valence-corrected chi connectivity index (χ2v) is 3.42. The quantitative estimate of drug-likeness (QED) is 0.742. The minimum absolute atomic E-state index is 0.601. The standard InChI is InChI=1S/C10H13BrO2/c1-2-12-6-7-13-10-5-3-4-9(11)8-10/h3-5,8H,2,6-7H2,1H3. The summed E-state index contributed by atoms with van der Waals surface area (Å²) in [5.74, 6) is 0.870. The van der Waals surface area contributed by atoms with E-state index >= 15 is 0 Å². The summed E-state index contributed by atoms with van der Waals surface area (Å²) >= 11 is 3.37. The third-order valence-electron chi connectivity index (χ3n) is 1.50. The second-order valence-electron chi connectivity index (χ2n) is 2.50. The first-order valence-corrected chi connectivity index (χ1v) is 5.08. The number of halogens is 1. The SMILES string of the molecule is CCOCCOc1cccc(Br)c1. The van der Waals surface area contributed by atoms with Crippen molar-refractivity contribution in [1.82, 2.24) is 0 Å². The van der Waals surface area contributed by atoms with Crippen molar-refractivity contribution in [2.75, 3.05) is 19.8 Å². The van der Waals surface area contributed by atoms with Crippen molar-refractivity contribution in [3.63, 3.8) is 0 Å². The highest BCUT2D eigenvalue weighted by molar-refractivity contribution is 9.10. The Balaban J connectivity index is 2.28. The topological polar surface area (TPSA) is 18.5 Å². The normalized spacial score (nSPS) is 10.0. The lowest BCUT2D eigenvalue weighted by atomic mass is 10.3. The van der Waals surface area contributed by atoms with Gasteiger partial charge in [-0.15, -0.1) is 0 Å². The molecule has 72 valence electrons. The summed E-state index contributed by atoms with van der Waals surface area (Å²) in [5, 5.41) is 0. The van der Waals surface area contributed by atoms with E-state index in [0.717, 1.165) is 16.8 Å². The Hall–Kier alpha value is -0.540. The van der Waals surface area contributed by atoms with Gasteiger partial charge in [0.25, 0.3) is 0 Å². The molecule has 2 nitrogen and oxygen atoms in total. The van der Waals surface area contributed by atoms with E-state index in [4.69, 9.17) is 9.47 Å². The summed E-state index contributed by atoms with van der Waals surface area (Å²) in [5.41, 5.74) is 0. The lowest BCUT2D eigenvalue weighted by molar-refractivity contribution is 0.110. The molecule has 0 heterocycles. The summed E-state index contributed by atoms with van der Waals surface area (Å²) in [4.78, 5) is 0. The van der Waals surface area contributed by atoms with Gasteiger partial charge in [-0.1, -0.05) is 22.0 Å². The molecule has 0 aliphatic rings. The first-order valence-electron chi connectivity index (χ1n) is 4.29. The zero-order valence-corrected chi connectivity index (χ0v) is 9.21. The summed E-state index contributed by atoms with van der Waals surface area (Å²) in [6.07, 6.45) is 0. The van der Waals surface area contributed by atoms with E-state index in [9.17, 15) is 0 Å². The number of hydrogen-bond acceptors (Lipinski definition) is 2. The van der Waals surface area contributed by atoms with Crippen LogP contribution in [0.4, 0.5) is 0 Å². The molecule has 1 aromatic carbocycles. The smallest absolute Gasteiger partial charge is 0.120 e. The largest absolute Gasteiger partial charge is 0.491 e. The Morgan fingerprint density at radius 3 is 2.85 bits per heavy atom. The molecule has 0 spiro atoms. The van der Waals surface area contributed by atoms with Crippen molar-refractivity contribution in [2.45, 2.75) is 6.92 Å². The van der Waals surface area contributed by atoms with E-state index in [1.54, 1.807) is 0 Å². The maximum atomic E-state index is 5.43. The highest BCUT2D eigenvalue weighted by atomic mass is 79.9. The Labute approximate surface area is 87.0 Å². The molecule has 0 N–H and O–H groups in total. The first-order chi connectivity index (χ1) is 6.33. The molecule has 3 heteroatoms. The molecule has 0 atom stereocenters. The van der Waals surface area contributed by atoms with E-state index < -0.39 is 0 Å². The molecule has 0 fully saturated rings. The highest BCUT2D eigenvalue weighted by Crippen LogP contribution is 2.17. The maximum absolute atomic E-state index is 5.43. The van der Waals surface area contributed by atoms with E-state index in [0.29, 0.717) is 13.2 Å². The van der Waals surface area contributed by atoms with Gasteiger partial charge in [-0.2, -0.15) is 0 Å². The lowest BCUT2D eigenvalue weighted by Crippen LogP contribution is -2.06. The Morgan fingerprint density at radius 2 is 2.15 bits per heavy atom. The van der Waals surface area contributed by atoms with Crippen molar-refractivity contribution >= 4 is 15.9 Å². The first kappa shape index (κ1) is 10.5. The van der Waals surface area contributed by atoms with Gasteiger partial charge in [0.05, 0.1) is 6.61 Å². The van der Waals surface area contributed by atoms with Crippen LogP contribution in [-0.4, -0.2) is 19.8 Å². The average Bonchev–Trinajstić information content (AvgIpc) is 2.13. The fourth-order valence-corrected chi connectivity index (χ4v) is 1.30. The Kier molecular flexibility index (Phi) is 4.86. The number of ether oxygens (including phenoxy) is 2. The molecule has 1 aromatic rings. The fraction of sp³-hybridized carbons (Fsp3) is 0.400. The van der Waals surface area contributed by atoms with E-state index in [2.05, 4.69) is 15.9 Å². The summed E-state index contributed by atoms with van der Waals surface area (Å²) in [6, 6.07) is 7.78. The van der Waals surface area contributed by atoms with E-state index in [1.165, 1.54) is 0 Å². The molecule has 0 aliphatic heterocycles. The van der Waals surface area contributed by atoms with Crippen molar-refractivity contribution in [3.8, 4) is 5.75 Å². The van der Waals surface area contributed by atoms with Crippen LogP contribution in [0.2, 0.25) is 0 Å². The van der Waals surface area contributed by atoms with Gasteiger partial charge >= 0.3 is 0 Å². The molecule has 0 aromatic heterocycles. The van der Waals surface area contributed by atoms with Crippen LogP contribution in [0.1, 0.15) is 6.92 Å². The predicted molar refractivity (Wildman–Crippen MR) is 56.1 cm³/mol. The van der Waals surface area contributed by atoms with Crippen molar-refractivity contribution in [2.24, 2.45) is 0 Å². The third-order valence-corrected chi connectivity index (χ3v) is 1.99. The van der Waals surface area contributed by atoms with Crippen LogP contribution in [-0.2, 0) is 4.74 Å². The molecule has 0 saturated carbocycles. The van der Waals surface area contributed by atoms with Crippen LogP contribution in [0.3, 0.4) is 0 Å².